The van der Waals surface area contributed by atoms with Crippen LogP contribution in [0.4, 0.5) is 37.1 Å². The Morgan fingerprint density at radius 1 is 0.710 bits per heavy atom. The number of carbonyl (C=O) groups excluding carboxylic acids is 5. The predicted octanol–water partition coefficient (Wildman–Crippen LogP) is 7.88. The number of hydrogen-bond donors (Lipinski definition) is 4. The van der Waals surface area contributed by atoms with Crippen molar-refractivity contribution in [1.29, 1.82) is 0 Å². The molecule has 0 aliphatic rings. The molecule has 5 rings (SSSR count). The van der Waals surface area contributed by atoms with E-state index in [4.69, 9.17) is 59.8 Å². The first-order valence-corrected chi connectivity index (χ1v) is 21.5. The maximum absolute atomic E-state index is 12.3. The normalized spacial score (nSPS) is 10.5. The van der Waals surface area contributed by atoms with Gasteiger partial charge in [0.2, 0.25) is 5.88 Å². The SMILES string of the molecule is COC(=O)N(OC)c1ccccc1COc1ccn(-c2ccc(Cl)cc2)n1.COC(=O)NC(=S)Nc1ccccc1NC(=S)NC(=O)OC.COCC(=O)N(c1c(C)cccc1C)C(C)C(=O)OC. The number of methoxy groups -OCH3 is 5. The minimum absolute atomic E-state index is 0.0490. The number of hydrogen-bond acceptors (Lipinski definition) is 15. The highest BCUT2D eigenvalue weighted by molar-refractivity contribution is 7.80. The van der Waals surface area contributed by atoms with E-state index < -0.39 is 30.3 Å². The summed E-state index contributed by atoms with van der Waals surface area (Å²) in [6.45, 7) is 5.56. The second kappa shape index (κ2) is 28.7. The number of aromatic nitrogens is 2. The molecule has 0 aliphatic carbocycles. The van der Waals surface area contributed by atoms with E-state index in [0.717, 1.165) is 33.1 Å². The number of halogens is 1. The summed E-state index contributed by atoms with van der Waals surface area (Å²) in [6, 6.07) is 28.2. The van der Waals surface area contributed by atoms with Gasteiger partial charge in [-0.2, -0.15) is 5.06 Å². The van der Waals surface area contributed by atoms with E-state index in [1.165, 1.54) is 47.6 Å². The first kappa shape index (κ1) is 56.0. The zero-order chi connectivity index (χ0) is 51.0. The molecule has 20 nitrogen and oxygen atoms in total. The number of hydroxylamine groups is 1. The number of aryl methyl sites for hydroxylation is 2. The zero-order valence-corrected chi connectivity index (χ0v) is 41.6. The molecule has 1 heterocycles. The largest absolute Gasteiger partial charge is 0.472 e. The number of esters is 1. The van der Waals surface area contributed by atoms with Gasteiger partial charge in [-0.15, -0.1) is 5.10 Å². The number of amides is 4. The summed E-state index contributed by atoms with van der Waals surface area (Å²) in [7, 11) is 7.89. The molecular weight excluding hydrogens is 956 g/mol. The summed E-state index contributed by atoms with van der Waals surface area (Å²) in [5, 5.41) is 16.4. The number of ether oxygens (including phenoxy) is 6. The molecule has 1 aromatic heterocycles. The van der Waals surface area contributed by atoms with E-state index in [0.29, 0.717) is 28.0 Å². The monoisotopic (exact) mass is 1010 g/mol. The van der Waals surface area contributed by atoms with Crippen LogP contribution in [0.2, 0.25) is 5.02 Å². The Hall–Kier alpha value is -7.37. The summed E-state index contributed by atoms with van der Waals surface area (Å²) < 4.78 is 30.7. The second-order valence-corrected chi connectivity index (χ2v) is 15.0. The molecule has 4 amide bonds. The number of benzene rings is 4. The maximum atomic E-state index is 12.3. The van der Waals surface area contributed by atoms with Gasteiger partial charge in [-0.25, -0.2) is 23.9 Å². The van der Waals surface area contributed by atoms with Crippen molar-refractivity contribution in [2.75, 3.05) is 69.9 Å². The fourth-order valence-electron chi connectivity index (χ4n) is 5.94. The number of para-hydroxylation sites is 4. The third-order valence-electron chi connectivity index (χ3n) is 9.14. The van der Waals surface area contributed by atoms with Crippen LogP contribution in [0, 0.1) is 13.8 Å². The van der Waals surface area contributed by atoms with Crippen molar-refractivity contribution in [2.45, 2.75) is 33.4 Å². The summed E-state index contributed by atoms with van der Waals surface area (Å²) in [6.07, 6.45) is -0.214. The number of rotatable bonds is 13. The number of anilines is 4. The van der Waals surface area contributed by atoms with Crippen LogP contribution in [0.5, 0.6) is 5.88 Å². The lowest BCUT2D eigenvalue weighted by molar-refractivity contribution is -0.143. The van der Waals surface area contributed by atoms with E-state index >= 15 is 0 Å². The minimum Gasteiger partial charge on any atom is -0.472 e. The Kier molecular flexibility index (Phi) is 23.3. The van der Waals surface area contributed by atoms with Crippen LogP contribution < -0.4 is 36.0 Å². The van der Waals surface area contributed by atoms with Crippen molar-refractivity contribution in [1.82, 2.24) is 20.4 Å². The number of alkyl carbamates (subject to hydrolysis) is 2. The van der Waals surface area contributed by atoms with Gasteiger partial charge in [0.1, 0.15) is 19.3 Å². The Balaban J connectivity index is 0.000000278. The molecule has 0 spiro atoms. The van der Waals surface area contributed by atoms with Gasteiger partial charge in [0, 0.05) is 30.0 Å². The lowest BCUT2D eigenvalue weighted by atomic mass is 10.1. The molecule has 5 aromatic rings. The summed E-state index contributed by atoms with van der Waals surface area (Å²) in [5.74, 6) is -0.290. The maximum Gasteiger partial charge on any atom is 0.438 e. The molecule has 4 N–H and O–H groups in total. The molecule has 69 heavy (non-hydrogen) atoms. The first-order valence-electron chi connectivity index (χ1n) is 20.3. The first-order chi connectivity index (χ1) is 33.0. The van der Waals surface area contributed by atoms with Crippen LogP contribution in [0.1, 0.15) is 23.6 Å². The highest BCUT2D eigenvalue weighted by Crippen LogP contribution is 2.28. The number of nitrogens with one attached hydrogen (secondary N) is 4. The Morgan fingerprint density at radius 2 is 1.26 bits per heavy atom. The van der Waals surface area contributed by atoms with E-state index in [9.17, 15) is 24.0 Å². The van der Waals surface area contributed by atoms with Gasteiger partial charge in [-0.1, -0.05) is 60.1 Å². The molecule has 0 fully saturated rings. The zero-order valence-electron chi connectivity index (χ0n) is 39.2. The summed E-state index contributed by atoms with van der Waals surface area (Å²) in [4.78, 5) is 64.7. The van der Waals surface area contributed by atoms with E-state index in [-0.39, 0.29) is 29.3 Å². The van der Waals surface area contributed by atoms with Crippen molar-refractivity contribution in [3.8, 4) is 11.6 Å². The van der Waals surface area contributed by atoms with Crippen LogP contribution in [-0.2, 0) is 44.7 Å². The molecular formula is C46H53ClN8O12S2. The van der Waals surface area contributed by atoms with Crippen LogP contribution in [0.15, 0.2) is 103 Å². The molecule has 0 saturated heterocycles. The molecule has 23 heteroatoms. The van der Waals surface area contributed by atoms with Crippen molar-refractivity contribution < 1.29 is 57.2 Å². The average molecular weight is 1010 g/mol. The lowest BCUT2D eigenvalue weighted by Gasteiger charge is -2.30. The van der Waals surface area contributed by atoms with Crippen LogP contribution in [-0.4, -0.2) is 105 Å². The quantitative estimate of drug-likeness (QED) is 0.0381. The van der Waals surface area contributed by atoms with Gasteiger partial charge in [-0.3, -0.25) is 25.2 Å². The number of carbonyl (C=O) groups is 5. The van der Waals surface area contributed by atoms with E-state index in [1.54, 1.807) is 72.4 Å². The van der Waals surface area contributed by atoms with Crippen LogP contribution in [0.25, 0.3) is 5.69 Å². The molecule has 4 aromatic carbocycles. The van der Waals surface area contributed by atoms with Gasteiger partial charge >= 0.3 is 24.2 Å². The van der Waals surface area contributed by atoms with Crippen molar-refractivity contribution in [3.05, 3.63) is 125 Å². The highest BCUT2D eigenvalue weighted by atomic mass is 35.5. The fraction of sp³-hybridized carbons (Fsp3) is 0.261. The Morgan fingerprint density at radius 3 is 1.77 bits per heavy atom. The Bertz CT molecular complexity index is 2480. The highest BCUT2D eigenvalue weighted by Gasteiger charge is 2.30. The Labute approximate surface area is 415 Å². The van der Waals surface area contributed by atoms with Gasteiger partial charge in [0.15, 0.2) is 10.2 Å². The lowest BCUT2D eigenvalue weighted by Crippen LogP contribution is -2.46. The van der Waals surface area contributed by atoms with Crippen molar-refractivity contribution in [3.63, 3.8) is 0 Å². The van der Waals surface area contributed by atoms with E-state index in [1.807, 2.05) is 56.3 Å². The van der Waals surface area contributed by atoms with Crippen LogP contribution >= 0.6 is 36.0 Å². The topological polar surface area (TPSA) is 222 Å². The molecule has 0 bridgehead atoms. The van der Waals surface area contributed by atoms with Crippen molar-refractivity contribution in [2.24, 2.45) is 0 Å². The predicted molar refractivity (Wildman–Crippen MR) is 268 cm³/mol. The molecule has 368 valence electrons. The molecule has 1 atom stereocenters. The third-order valence-corrected chi connectivity index (χ3v) is 9.80. The standard InChI is InChI=1S/C19H18ClN3O4.C15H21NO4.C12H14N4O4S2/c1-25-19(24)23(26-2)17-6-4-3-5-14(17)13-27-18-11-12-22(21-18)16-9-7-15(20)8-10-16;1-10-7-6-8-11(2)14(10)16(13(17)9-19-4)12(3)15(18)20-5;1-19-11(17)15-9(21)13-7-5-3-4-6-8(7)14-10(22)16-12(18)20-2/h3-12H,13H2,1-2H3;6-8,12H,9H2,1-5H3;3-6H,1-2H3,(H2,13,15,17,21)(H2,14,16,18,22). The third kappa shape index (κ3) is 17.3. The molecule has 1 unspecified atom stereocenters. The van der Waals surface area contributed by atoms with Gasteiger partial charge in [-0.05, 0) is 98.8 Å². The van der Waals surface area contributed by atoms with Gasteiger partial charge in [0.25, 0.3) is 5.91 Å². The van der Waals surface area contributed by atoms with Crippen LogP contribution in [0.3, 0.4) is 0 Å². The molecule has 0 aliphatic heterocycles. The fourth-order valence-corrected chi connectivity index (χ4v) is 6.46. The average Bonchev–Trinajstić information content (AvgIpc) is 3.82. The van der Waals surface area contributed by atoms with Gasteiger partial charge < -0.3 is 39.1 Å². The molecule has 0 radical (unpaired) electrons. The summed E-state index contributed by atoms with van der Waals surface area (Å²) in [5.41, 5.74) is 5.79. The second-order valence-electron chi connectivity index (χ2n) is 13.8. The number of thiocarbonyl (C=S) groups is 2. The molecule has 0 saturated carbocycles. The van der Waals surface area contributed by atoms with Crippen molar-refractivity contribution >= 4 is 99.2 Å². The number of nitrogens with zero attached hydrogens (tertiary/aromatic N) is 4. The smallest absolute Gasteiger partial charge is 0.438 e. The minimum atomic E-state index is -0.706. The van der Waals surface area contributed by atoms with E-state index in [2.05, 4.69) is 35.8 Å². The summed E-state index contributed by atoms with van der Waals surface area (Å²) >= 11 is 15.8. The van der Waals surface area contributed by atoms with Gasteiger partial charge in [0.05, 0.1) is 64.0 Å².